The van der Waals surface area contributed by atoms with Gasteiger partial charge in [0.25, 0.3) is 11.8 Å². The van der Waals surface area contributed by atoms with Crippen LogP contribution in [0.25, 0.3) is 0 Å². The molecule has 156 valence electrons. The molecule has 2 N–H and O–H groups in total. The van der Waals surface area contributed by atoms with Crippen molar-refractivity contribution in [2.45, 2.75) is 32.4 Å². The fraction of sp³-hybridized carbons (Fsp3) is 0.273. The Morgan fingerprint density at radius 2 is 1.73 bits per heavy atom. The Morgan fingerprint density at radius 3 is 2.37 bits per heavy atom. The molecule has 0 radical (unpaired) electrons. The highest BCUT2D eigenvalue weighted by Gasteiger charge is 2.49. The van der Waals surface area contributed by atoms with Crippen LogP contribution >= 0.6 is 0 Å². The molecule has 3 rings (SSSR count). The molecule has 0 unspecified atom stereocenters. The number of anilines is 1. The molecule has 0 bridgehead atoms. The van der Waals surface area contributed by atoms with E-state index in [1.807, 2.05) is 25.1 Å². The second-order valence-electron chi connectivity index (χ2n) is 7.30. The maximum atomic E-state index is 12.9. The number of esters is 1. The number of aryl methyl sites for hydroxylation is 1. The highest BCUT2D eigenvalue weighted by molar-refractivity contribution is 6.09. The molecular weight excluding hydrogens is 386 g/mol. The maximum absolute atomic E-state index is 12.9. The summed E-state index contributed by atoms with van der Waals surface area (Å²) in [6.07, 6.45) is -1.10. The number of nitrogens with one attached hydrogen (secondary N) is 2. The average molecular weight is 409 g/mol. The number of urea groups is 1. The third-order valence-corrected chi connectivity index (χ3v) is 4.91. The lowest BCUT2D eigenvalue weighted by atomic mass is 9.91. The first-order valence-electron chi connectivity index (χ1n) is 9.47. The highest BCUT2D eigenvalue weighted by atomic mass is 16.5. The van der Waals surface area contributed by atoms with Crippen LogP contribution in [0.15, 0.2) is 54.6 Å². The van der Waals surface area contributed by atoms with Gasteiger partial charge in [-0.05, 0) is 38.5 Å². The van der Waals surface area contributed by atoms with Crippen molar-refractivity contribution in [2.75, 3.05) is 11.9 Å². The van der Waals surface area contributed by atoms with Gasteiger partial charge in [0, 0.05) is 5.69 Å². The zero-order valence-corrected chi connectivity index (χ0v) is 17.0. The molecule has 4 amide bonds. The second kappa shape index (κ2) is 8.36. The summed E-state index contributed by atoms with van der Waals surface area (Å²) in [5, 5.41) is 5.25. The van der Waals surface area contributed by atoms with Gasteiger partial charge in [-0.3, -0.25) is 19.3 Å². The number of amides is 4. The standard InChI is InChI=1S/C22H23N3O5/c1-14-9-11-16(12-10-14)22(3)20(28)25(21(29)24-22)13-18(26)30-15(2)19(27)23-17-7-5-4-6-8-17/h4-12,15H,13H2,1-3H3,(H,23,27)(H,24,29)/t15-,22+/m1/s1. The van der Waals surface area contributed by atoms with Gasteiger partial charge in [-0.1, -0.05) is 48.0 Å². The molecule has 8 nitrogen and oxygen atoms in total. The van der Waals surface area contributed by atoms with Crippen molar-refractivity contribution < 1.29 is 23.9 Å². The SMILES string of the molecule is Cc1ccc([C@]2(C)NC(=O)N(CC(=O)O[C@H](C)C(=O)Nc3ccccc3)C2=O)cc1. The van der Waals surface area contributed by atoms with E-state index in [1.165, 1.54) is 6.92 Å². The summed E-state index contributed by atoms with van der Waals surface area (Å²) in [4.78, 5) is 50.5. The molecular formula is C22H23N3O5. The number of para-hydroxylation sites is 1. The molecule has 0 spiro atoms. The van der Waals surface area contributed by atoms with Crippen LogP contribution in [0.5, 0.6) is 0 Å². The third-order valence-electron chi connectivity index (χ3n) is 4.91. The highest BCUT2D eigenvalue weighted by Crippen LogP contribution is 2.29. The summed E-state index contributed by atoms with van der Waals surface area (Å²) in [5.74, 6) is -1.94. The first kappa shape index (κ1) is 21.0. The van der Waals surface area contributed by atoms with Crippen LogP contribution in [0.1, 0.15) is 25.0 Å². The lowest BCUT2D eigenvalue weighted by molar-refractivity contribution is -0.155. The van der Waals surface area contributed by atoms with Crippen LogP contribution < -0.4 is 10.6 Å². The minimum Gasteiger partial charge on any atom is -0.451 e. The van der Waals surface area contributed by atoms with Crippen LogP contribution in [-0.4, -0.2) is 41.4 Å². The van der Waals surface area contributed by atoms with Crippen LogP contribution in [0.4, 0.5) is 10.5 Å². The summed E-state index contributed by atoms with van der Waals surface area (Å²) in [7, 11) is 0. The van der Waals surface area contributed by atoms with Crippen molar-refractivity contribution in [3.63, 3.8) is 0 Å². The normalized spacial score (nSPS) is 19.2. The molecule has 0 aliphatic carbocycles. The summed E-state index contributed by atoms with van der Waals surface area (Å²) in [6, 6.07) is 15.2. The molecule has 2 aromatic rings. The number of imide groups is 1. The second-order valence-corrected chi connectivity index (χ2v) is 7.30. The van der Waals surface area contributed by atoms with Crippen molar-refractivity contribution in [3.05, 3.63) is 65.7 Å². The molecule has 0 aromatic heterocycles. The fourth-order valence-corrected chi connectivity index (χ4v) is 3.11. The van der Waals surface area contributed by atoms with Gasteiger partial charge in [0.1, 0.15) is 12.1 Å². The molecule has 1 fully saturated rings. The molecule has 30 heavy (non-hydrogen) atoms. The van der Waals surface area contributed by atoms with Crippen molar-refractivity contribution >= 4 is 29.5 Å². The summed E-state index contributed by atoms with van der Waals surface area (Å²) in [6.45, 7) is 4.32. The van der Waals surface area contributed by atoms with Gasteiger partial charge in [-0.2, -0.15) is 0 Å². The Hall–Kier alpha value is -3.68. The maximum Gasteiger partial charge on any atom is 0.327 e. The van der Waals surface area contributed by atoms with Crippen LogP contribution in [0, 0.1) is 6.92 Å². The van der Waals surface area contributed by atoms with Crippen LogP contribution in [0.3, 0.4) is 0 Å². The molecule has 2 atom stereocenters. The van der Waals surface area contributed by atoms with E-state index in [9.17, 15) is 19.2 Å². The molecule has 1 saturated heterocycles. The molecule has 2 aromatic carbocycles. The third kappa shape index (κ3) is 4.32. The van der Waals surface area contributed by atoms with E-state index in [2.05, 4.69) is 10.6 Å². The number of rotatable bonds is 6. The average Bonchev–Trinajstić information content (AvgIpc) is 2.93. The summed E-state index contributed by atoms with van der Waals surface area (Å²) in [5.41, 5.74) is 0.912. The van der Waals surface area contributed by atoms with E-state index in [0.717, 1.165) is 10.5 Å². The number of hydrogen-bond donors (Lipinski definition) is 2. The van der Waals surface area contributed by atoms with Crippen molar-refractivity contribution in [3.8, 4) is 0 Å². The number of benzene rings is 2. The number of nitrogens with zero attached hydrogens (tertiary/aromatic N) is 1. The Kier molecular flexibility index (Phi) is 5.86. The van der Waals surface area contributed by atoms with Crippen molar-refractivity contribution in [2.24, 2.45) is 0 Å². The fourth-order valence-electron chi connectivity index (χ4n) is 3.11. The van der Waals surface area contributed by atoms with Crippen LogP contribution in [0.2, 0.25) is 0 Å². The first-order valence-corrected chi connectivity index (χ1v) is 9.47. The topological polar surface area (TPSA) is 105 Å². The van der Waals surface area contributed by atoms with Crippen LogP contribution in [-0.2, 0) is 24.7 Å². The predicted molar refractivity (Wildman–Crippen MR) is 109 cm³/mol. The lowest BCUT2D eigenvalue weighted by Crippen LogP contribution is -2.42. The van der Waals surface area contributed by atoms with Gasteiger partial charge in [0.05, 0.1) is 0 Å². The lowest BCUT2D eigenvalue weighted by Gasteiger charge is -2.22. The molecule has 1 aliphatic heterocycles. The van der Waals surface area contributed by atoms with Gasteiger partial charge >= 0.3 is 12.0 Å². The summed E-state index contributed by atoms with van der Waals surface area (Å²) >= 11 is 0. The van der Waals surface area contributed by atoms with Crippen molar-refractivity contribution in [1.82, 2.24) is 10.2 Å². The largest absolute Gasteiger partial charge is 0.451 e. The number of hydrogen-bond acceptors (Lipinski definition) is 5. The summed E-state index contributed by atoms with van der Waals surface area (Å²) < 4.78 is 5.11. The Labute approximate surface area is 174 Å². The van der Waals surface area contributed by atoms with E-state index >= 15 is 0 Å². The van der Waals surface area contributed by atoms with E-state index in [0.29, 0.717) is 11.3 Å². The molecule has 1 aliphatic rings. The number of carbonyl (C=O) groups excluding carboxylic acids is 4. The van der Waals surface area contributed by atoms with Gasteiger partial charge in [-0.15, -0.1) is 0 Å². The zero-order chi connectivity index (χ0) is 21.9. The van der Waals surface area contributed by atoms with E-state index in [1.54, 1.807) is 43.3 Å². The van der Waals surface area contributed by atoms with E-state index in [4.69, 9.17) is 4.74 Å². The Bertz CT molecular complexity index is 974. The number of carbonyl (C=O) groups is 4. The molecule has 0 saturated carbocycles. The van der Waals surface area contributed by atoms with Gasteiger partial charge in [0.2, 0.25) is 0 Å². The van der Waals surface area contributed by atoms with Gasteiger partial charge in [0.15, 0.2) is 6.10 Å². The monoisotopic (exact) mass is 409 g/mol. The molecule has 8 heteroatoms. The van der Waals surface area contributed by atoms with E-state index in [-0.39, 0.29) is 0 Å². The Morgan fingerprint density at radius 1 is 1.10 bits per heavy atom. The quantitative estimate of drug-likeness (QED) is 0.563. The Balaban J connectivity index is 1.62. The van der Waals surface area contributed by atoms with E-state index < -0.39 is 42.0 Å². The zero-order valence-electron chi connectivity index (χ0n) is 17.0. The molecule has 1 heterocycles. The first-order chi connectivity index (χ1) is 14.2. The van der Waals surface area contributed by atoms with Crippen molar-refractivity contribution in [1.29, 1.82) is 0 Å². The predicted octanol–water partition coefficient (Wildman–Crippen LogP) is 2.33. The smallest absolute Gasteiger partial charge is 0.327 e. The van der Waals surface area contributed by atoms with Gasteiger partial charge < -0.3 is 15.4 Å². The number of ether oxygens (including phenoxy) is 1. The van der Waals surface area contributed by atoms with Gasteiger partial charge in [-0.25, -0.2) is 4.79 Å². The minimum absolute atomic E-state index is 0.517. The minimum atomic E-state index is -1.28.